The maximum absolute atomic E-state index is 13.5. The number of fused-ring (bicyclic) bond motifs is 1. The number of ether oxygens (including phenoxy) is 1. The highest BCUT2D eigenvalue weighted by molar-refractivity contribution is 6.30. The van der Waals surface area contributed by atoms with E-state index >= 15 is 0 Å². The summed E-state index contributed by atoms with van der Waals surface area (Å²) in [6.45, 7) is 1.99. The van der Waals surface area contributed by atoms with E-state index in [-0.39, 0.29) is 23.8 Å². The van der Waals surface area contributed by atoms with Crippen molar-refractivity contribution in [1.29, 1.82) is 0 Å². The van der Waals surface area contributed by atoms with Crippen LogP contribution in [0, 0.1) is 0 Å². The third kappa shape index (κ3) is 4.08. The lowest BCUT2D eigenvalue weighted by molar-refractivity contribution is -0.120. The molecule has 3 aromatic rings. The Morgan fingerprint density at radius 3 is 2.31 bits per heavy atom. The highest BCUT2D eigenvalue weighted by atomic mass is 35.5. The van der Waals surface area contributed by atoms with Gasteiger partial charge in [0.25, 0.3) is 5.91 Å². The summed E-state index contributed by atoms with van der Waals surface area (Å²) in [6, 6.07) is 21.8. The number of carbonyl (C=O) groups excluding carboxylic acids is 2. The number of carbonyl (C=O) groups is 2. The molecule has 0 saturated heterocycles. The minimum Gasteiger partial charge on any atom is -0.497 e. The Labute approximate surface area is 193 Å². The van der Waals surface area contributed by atoms with Crippen LogP contribution in [0.25, 0.3) is 0 Å². The van der Waals surface area contributed by atoms with Crippen LogP contribution in [0.2, 0.25) is 5.02 Å². The molecule has 32 heavy (non-hydrogen) atoms. The minimum absolute atomic E-state index is 0.0110. The minimum atomic E-state index is -0.346. The van der Waals surface area contributed by atoms with Crippen molar-refractivity contribution < 1.29 is 14.3 Å². The van der Waals surface area contributed by atoms with Gasteiger partial charge in [-0.25, -0.2) is 0 Å². The zero-order valence-corrected chi connectivity index (χ0v) is 19.0. The van der Waals surface area contributed by atoms with Gasteiger partial charge in [0.15, 0.2) is 0 Å². The molecule has 0 radical (unpaired) electrons. The van der Waals surface area contributed by atoms with Gasteiger partial charge in [0, 0.05) is 35.1 Å². The molecule has 1 aliphatic heterocycles. The topological polar surface area (TPSA) is 49.9 Å². The van der Waals surface area contributed by atoms with Crippen molar-refractivity contribution in [3.63, 3.8) is 0 Å². The predicted molar refractivity (Wildman–Crippen MR) is 128 cm³/mol. The largest absolute Gasteiger partial charge is 0.497 e. The van der Waals surface area contributed by atoms with Gasteiger partial charge in [-0.05, 0) is 73.5 Å². The average Bonchev–Trinajstić information content (AvgIpc) is 2.83. The number of likely N-dealkylation sites (N-methyl/N-ethyl adjacent to an activating group) is 1. The molecule has 0 fully saturated rings. The number of benzene rings is 3. The van der Waals surface area contributed by atoms with Crippen LogP contribution < -0.4 is 14.5 Å². The van der Waals surface area contributed by atoms with Crippen molar-refractivity contribution in [1.82, 2.24) is 0 Å². The van der Waals surface area contributed by atoms with Crippen LogP contribution in [0.15, 0.2) is 72.8 Å². The first kappa shape index (κ1) is 21.9. The predicted octanol–water partition coefficient (Wildman–Crippen LogP) is 5.53. The van der Waals surface area contributed by atoms with Gasteiger partial charge in [-0.1, -0.05) is 29.8 Å². The Balaban J connectivity index is 1.66. The quantitative estimate of drug-likeness (QED) is 0.527. The van der Waals surface area contributed by atoms with Gasteiger partial charge in [-0.15, -0.1) is 0 Å². The van der Waals surface area contributed by atoms with Crippen LogP contribution in [-0.4, -0.2) is 32.0 Å². The van der Waals surface area contributed by atoms with E-state index in [1.165, 1.54) is 0 Å². The van der Waals surface area contributed by atoms with Crippen molar-refractivity contribution in [2.75, 3.05) is 24.0 Å². The van der Waals surface area contributed by atoms with Gasteiger partial charge < -0.3 is 14.5 Å². The van der Waals surface area contributed by atoms with Gasteiger partial charge in [-0.3, -0.25) is 9.59 Å². The van der Waals surface area contributed by atoms with Crippen LogP contribution in [-0.2, 0) is 4.79 Å². The Morgan fingerprint density at radius 1 is 1.00 bits per heavy atom. The second-order valence-corrected chi connectivity index (χ2v) is 8.41. The molecular weight excluding hydrogens is 424 g/mol. The standard InChI is InChI=1S/C26H25ClN2O3/c1-17-16-23(26(31)28(2)20-12-10-19(27)11-13-20)22-6-4-5-7-24(22)29(17)25(30)18-8-14-21(32-3)15-9-18/h4-15,17,23H,16H2,1-3H3/t17-,23-/m0/s1. The molecule has 0 unspecified atom stereocenters. The van der Waals surface area contributed by atoms with Crippen molar-refractivity contribution in [2.24, 2.45) is 0 Å². The molecule has 0 saturated carbocycles. The lowest BCUT2D eigenvalue weighted by Crippen LogP contribution is -2.46. The normalized spacial score (nSPS) is 17.4. The summed E-state index contributed by atoms with van der Waals surface area (Å²) in [6.07, 6.45) is 0.537. The molecule has 6 heteroatoms. The first-order chi connectivity index (χ1) is 15.4. The van der Waals surface area contributed by atoms with E-state index in [1.54, 1.807) is 60.4 Å². The lowest BCUT2D eigenvalue weighted by Gasteiger charge is -2.40. The lowest BCUT2D eigenvalue weighted by atomic mass is 9.84. The Hall–Kier alpha value is -3.31. The molecule has 164 valence electrons. The summed E-state index contributed by atoms with van der Waals surface area (Å²) in [7, 11) is 3.37. The molecule has 3 aromatic carbocycles. The van der Waals surface area contributed by atoms with E-state index in [1.807, 2.05) is 43.3 Å². The zero-order chi connectivity index (χ0) is 22.8. The van der Waals surface area contributed by atoms with Crippen molar-refractivity contribution >= 4 is 34.8 Å². The van der Waals surface area contributed by atoms with Crippen LogP contribution in [0.1, 0.15) is 35.2 Å². The molecule has 0 bridgehead atoms. The number of hydrogen-bond acceptors (Lipinski definition) is 3. The van der Waals surface area contributed by atoms with E-state index in [0.29, 0.717) is 22.8 Å². The summed E-state index contributed by atoms with van der Waals surface area (Å²) in [5.74, 6) is 0.249. The van der Waals surface area contributed by atoms with Crippen LogP contribution >= 0.6 is 11.6 Å². The van der Waals surface area contributed by atoms with Crippen LogP contribution in [0.4, 0.5) is 11.4 Å². The Bertz CT molecular complexity index is 1130. The Morgan fingerprint density at radius 2 is 1.66 bits per heavy atom. The van der Waals surface area contributed by atoms with Gasteiger partial charge in [-0.2, -0.15) is 0 Å². The summed E-state index contributed by atoms with van der Waals surface area (Å²) in [5.41, 5.74) is 2.99. The number of hydrogen-bond donors (Lipinski definition) is 0. The molecule has 2 amide bonds. The number of rotatable bonds is 4. The van der Waals surface area contributed by atoms with E-state index in [9.17, 15) is 9.59 Å². The highest BCUT2D eigenvalue weighted by Gasteiger charge is 2.38. The molecule has 2 atom stereocenters. The van der Waals surface area contributed by atoms with Gasteiger partial charge in [0.05, 0.1) is 13.0 Å². The third-order valence-corrected chi connectivity index (χ3v) is 6.24. The molecule has 1 aliphatic rings. The van der Waals surface area contributed by atoms with E-state index in [4.69, 9.17) is 16.3 Å². The summed E-state index contributed by atoms with van der Waals surface area (Å²) < 4.78 is 5.20. The third-order valence-electron chi connectivity index (χ3n) is 5.99. The fraction of sp³-hybridized carbons (Fsp3) is 0.231. The number of anilines is 2. The number of para-hydroxylation sites is 1. The molecule has 0 aromatic heterocycles. The second kappa shape index (κ2) is 9.05. The van der Waals surface area contributed by atoms with Crippen molar-refractivity contribution in [3.05, 3.63) is 88.9 Å². The van der Waals surface area contributed by atoms with Gasteiger partial charge in [0.2, 0.25) is 5.91 Å². The van der Waals surface area contributed by atoms with E-state index in [2.05, 4.69) is 0 Å². The second-order valence-electron chi connectivity index (χ2n) is 7.97. The molecule has 4 rings (SSSR count). The summed E-state index contributed by atoms with van der Waals surface area (Å²) in [4.78, 5) is 30.4. The maximum Gasteiger partial charge on any atom is 0.258 e. The summed E-state index contributed by atoms with van der Waals surface area (Å²) in [5, 5.41) is 0.624. The molecule has 1 heterocycles. The van der Waals surface area contributed by atoms with Gasteiger partial charge in [0.1, 0.15) is 5.75 Å². The van der Waals surface area contributed by atoms with E-state index in [0.717, 1.165) is 16.9 Å². The first-order valence-electron chi connectivity index (χ1n) is 10.5. The summed E-state index contributed by atoms with van der Waals surface area (Å²) >= 11 is 6.00. The molecule has 5 nitrogen and oxygen atoms in total. The molecule has 0 aliphatic carbocycles. The fourth-order valence-electron chi connectivity index (χ4n) is 4.25. The van der Waals surface area contributed by atoms with Crippen LogP contribution in [0.5, 0.6) is 5.75 Å². The molecule has 0 spiro atoms. The molecule has 0 N–H and O–H groups in total. The van der Waals surface area contributed by atoms with E-state index < -0.39 is 0 Å². The fourth-order valence-corrected chi connectivity index (χ4v) is 4.38. The monoisotopic (exact) mass is 448 g/mol. The highest BCUT2D eigenvalue weighted by Crippen LogP contribution is 2.40. The number of halogens is 1. The average molecular weight is 449 g/mol. The smallest absolute Gasteiger partial charge is 0.258 e. The SMILES string of the molecule is COc1ccc(C(=O)N2c3ccccc3[C@@H](C(=O)N(C)c3ccc(Cl)cc3)C[C@@H]2C)cc1. The van der Waals surface area contributed by atoms with Crippen molar-refractivity contribution in [2.45, 2.75) is 25.3 Å². The number of nitrogens with zero attached hydrogens (tertiary/aromatic N) is 2. The number of amides is 2. The zero-order valence-electron chi connectivity index (χ0n) is 18.3. The maximum atomic E-state index is 13.5. The van der Waals surface area contributed by atoms with Crippen LogP contribution in [0.3, 0.4) is 0 Å². The van der Waals surface area contributed by atoms with Gasteiger partial charge >= 0.3 is 0 Å². The first-order valence-corrected chi connectivity index (χ1v) is 10.9. The Kier molecular flexibility index (Phi) is 6.19. The molecular formula is C26H25ClN2O3. The number of methoxy groups -OCH3 is 1. The van der Waals surface area contributed by atoms with Crippen molar-refractivity contribution in [3.8, 4) is 5.75 Å².